The molecule has 0 saturated heterocycles. The highest BCUT2D eigenvalue weighted by molar-refractivity contribution is 7.91. The van der Waals surface area contributed by atoms with Gasteiger partial charge in [0.2, 0.25) is 0 Å². The smallest absolute Gasteiger partial charge is 0.252 e. The Morgan fingerprint density at radius 3 is 2.45 bits per heavy atom. The number of thiophene rings is 1. The average molecular weight is 319 g/mol. The third-order valence-electron chi connectivity index (χ3n) is 2.85. The van der Waals surface area contributed by atoms with Gasteiger partial charge in [-0.1, -0.05) is 27.7 Å². The number of sulfonamides is 1. The van der Waals surface area contributed by atoms with E-state index in [9.17, 15) is 8.42 Å². The molecule has 0 radical (unpaired) electrons. The number of hydrogen-bond donors (Lipinski definition) is 1. The third kappa shape index (κ3) is 5.16. The summed E-state index contributed by atoms with van der Waals surface area (Å²) in [5.74, 6) is 0.324. The van der Waals surface area contributed by atoms with Crippen LogP contribution in [0.5, 0.6) is 0 Å². The Hall–Kier alpha value is -0.430. The molecule has 0 aliphatic carbocycles. The van der Waals surface area contributed by atoms with E-state index in [-0.39, 0.29) is 0 Å². The Labute approximate surface area is 127 Å². The van der Waals surface area contributed by atoms with E-state index in [0.717, 1.165) is 17.8 Å². The predicted octanol–water partition coefficient (Wildman–Crippen LogP) is 2.57. The van der Waals surface area contributed by atoms with E-state index in [0.29, 0.717) is 22.7 Å². The fourth-order valence-corrected chi connectivity index (χ4v) is 4.78. The summed E-state index contributed by atoms with van der Waals surface area (Å²) in [4.78, 5) is 1.11. The minimum Gasteiger partial charge on any atom is -0.314 e. The quantitative estimate of drug-likeness (QED) is 0.801. The van der Waals surface area contributed by atoms with Crippen LogP contribution in [0.2, 0.25) is 0 Å². The van der Waals surface area contributed by atoms with Crippen molar-refractivity contribution in [1.82, 2.24) is 9.62 Å². The summed E-state index contributed by atoms with van der Waals surface area (Å²) in [7, 11) is -1.68. The fraction of sp³-hybridized carbons (Fsp3) is 0.714. The molecule has 1 aromatic rings. The molecule has 0 spiro atoms. The molecule has 0 bridgehead atoms. The Balaban J connectivity index is 2.70. The van der Waals surface area contributed by atoms with Gasteiger partial charge in [0.05, 0.1) is 0 Å². The molecule has 1 aromatic heterocycles. The van der Waals surface area contributed by atoms with Gasteiger partial charge in [-0.05, 0) is 24.5 Å². The van der Waals surface area contributed by atoms with Gasteiger partial charge >= 0.3 is 0 Å². The summed E-state index contributed by atoms with van der Waals surface area (Å²) in [6.07, 6.45) is 0.867. The topological polar surface area (TPSA) is 49.4 Å². The van der Waals surface area contributed by atoms with Crippen molar-refractivity contribution in [2.45, 2.75) is 44.4 Å². The van der Waals surface area contributed by atoms with Crippen molar-refractivity contribution in [3.05, 3.63) is 17.0 Å². The third-order valence-corrected chi connectivity index (χ3v) is 6.28. The van der Waals surface area contributed by atoms with Crippen LogP contribution in [-0.2, 0) is 16.4 Å². The molecular formula is C14H26N2O2S2. The summed E-state index contributed by atoms with van der Waals surface area (Å²) < 4.78 is 26.7. The highest BCUT2D eigenvalue weighted by Gasteiger charge is 2.23. The maximum atomic E-state index is 12.4. The summed E-state index contributed by atoms with van der Waals surface area (Å²) in [6.45, 7) is 9.66. The number of hydrogen-bond acceptors (Lipinski definition) is 4. The lowest BCUT2D eigenvalue weighted by Crippen LogP contribution is -2.29. The van der Waals surface area contributed by atoms with Crippen molar-refractivity contribution in [2.75, 3.05) is 20.1 Å². The minimum absolute atomic E-state index is 0.324. The number of nitrogens with one attached hydrogen (secondary N) is 1. The maximum absolute atomic E-state index is 12.4. The van der Waals surface area contributed by atoms with Gasteiger partial charge in [0.15, 0.2) is 0 Å². The van der Waals surface area contributed by atoms with Crippen molar-refractivity contribution >= 4 is 21.4 Å². The lowest BCUT2D eigenvalue weighted by molar-refractivity contribution is 0.418. The molecule has 0 aromatic carbocycles. The van der Waals surface area contributed by atoms with Crippen LogP contribution in [0, 0.1) is 5.92 Å². The van der Waals surface area contributed by atoms with Crippen molar-refractivity contribution in [2.24, 2.45) is 5.92 Å². The van der Waals surface area contributed by atoms with Crippen molar-refractivity contribution in [1.29, 1.82) is 0 Å². The van der Waals surface area contributed by atoms with Gasteiger partial charge in [-0.25, -0.2) is 8.42 Å². The molecule has 1 heterocycles. The summed E-state index contributed by atoms with van der Waals surface area (Å²) >= 11 is 1.38. The van der Waals surface area contributed by atoms with Crippen LogP contribution in [0.3, 0.4) is 0 Å². The zero-order valence-electron chi connectivity index (χ0n) is 13.0. The molecule has 20 heavy (non-hydrogen) atoms. The van der Waals surface area contributed by atoms with E-state index < -0.39 is 10.0 Å². The van der Waals surface area contributed by atoms with Crippen LogP contribution in [0.1, 0.15) is 32.6 Å². The largest absolute Gasteiger partial charge is 0.314 e. The Kier molecular flexibility index (Phi) is 6.64. The molecule has 6 heteroatoms. The highest BCUT2D eigenvalue weighted by Crippen LogP contribution is 2.25. The Bertz CT molecular complexity index is 507. The van der Waals surface area contributed by atoms with Gasteiger partial charge in [0.1, 0.15) is 4.21 Å². The normalized spacial score (nSPS) is 12.8. The molecule has 0 amide bonds. The van der Waals surface area contributed by atoms with E-state index in [1.165, 1.54) is 15.6 Å². The Morgan fingerprint density at radius 1 is 1.25 bits per heavy atom. The summed E-state index contributed by atoms with van der Waals surface area (Å²) in [5.41, 5.74) is 0. The number of nitrogens with zero attached hydrogens (tertiary/aromatic N) is 1. The van der Waals surface area contributed by atoms with Crippen LogP contribution in [-0.4, -0.2) is 38.9 Å². The predicted molar refractivity (Wildman–Crippen MR) is 85.8 cm³/mol. The van der Waals surface area contributed by atoms with Crippen molar-refractivity contribution < 1.29 is 8.42 Å². The second-order valence-corrected chi connectivity index (χ2v) is 9.20. The van der Waals surface area contributed by atoms with E-state index >= 15 is 0 Å². The molecular weight excluding hydrogens is 292 g/mol. The molecule has 0 atom stereocenters. The van der Waals surface area contributed by atoms with Gasteiger partial charge in [0, 0.05) is 31.1 Å². The fourth-order valence-electron chi connectivity index (χ4n) is 1.88. The van der Waals surface area contributed by atoms with Crippen LogP contribution in [0.15, 0.2) is 16.3 Å². The van der Waals surface area contributed by atoms with E-state index in [1.807, 2.05) is 19.9 Å². The maximum Gasteiger partial charge on any atom is 0.252 e. The molecule has 116 valence electrons. The zero-order chi connectivity index (χ0) is 15.3. The van der Waals surface area contributed by atoms with Crippen molar-refractivity contribution in [3.8, 4) is 0 Å². The van der Waals surface area contributed by atoms with Gasteiger partial charge in [0.25, 0.3) is 10.0 Å². The first kappa shape index (κ1) is 17.6. The Morgan fingerprint density at radius 2 is 1.90 bits per heavy atom. The van der Waals surface area contributed by atoms with Crippen LogP contribution in [0.4, 0.5) is 0 Å². The monoisotopic (exact) mass is 318 g/mol. The van der Waals surface area contributed by atoms with Gasteiger partial charge in [-0.3, -0.25) is 0 Å². The highest BCUT2D eigenvalue weighted by atomic mass is 32.2. The van der Waals surface area contributed by atoms with Gasteiger partial charge in [-0.2, -0.15) is 4.31 Å². The van der Waals surface area contributed by atoms with E-state index in [4.69, 9.17) is 0 Å². The lowest BCUT2D eigenvalue weighted by atomic mass is 10.2. The second-order valence-electron chi connectivity index (χ2n) is 5.76. The van der Waals surface area contributed by atoms with Gasteiger partial charge in [-0.15, -0.1) is 11.3 Å². The molecule has 4 nitrogen and oxygen atoms in total. The molecule has 1 rings (SSSR count). The van der Waals surface area contributed by atoms with E-state index in [1.54, 1.807) is 13.1 Å². The van der Waals surface area contributed by atoms with Crippen LogP contribution < -0.4 is 5.32 Å². The standard InChI is InChI=1S/C14H26N2O2S2/c1-11(2)10-16(5)20(17,18)14-7-6-13(19-14)8-9-15-12(3)4/h6-7,11-12,15H,8-10H2,1-5H3. The van der Waals surface area contributed by atoms with Crippen LogP contribution >= 0.6 is 11.3 Å². The summed E-state index contributed by atoms with van der Waals surface area (Å²) in [5, 5.41) is 3.34. The van der Waals surface area contributed by atoms with Crippen molar-refractivity contribution in [3.63, 3.8) is 0 Å². The molecule has 0 aliphatic rings. The zero-order valence-corrected chi connectivity index (χ0v) is 14.6. The SMILES string of the molecule is CC(C)CN(C)S(=O)(=O)c1ccc(CCNC(C)C)s1. The van der Waals surface area contributed by atoms with E-state index in [2.05, 4.69) is 19.2 Å². The number of rotatable bonds is 8. The first-order valence-corrected chi connectivity index (χ1v) is 9.27. The first-order chi connectivity index (χ1) is 9.23. The lowest BCUT2D eigenvalue weighted by Gasteiger charge is -2.17. The molecule has 0 aliphatic heterocycles. The minimum atomic E-state index is -3.32. The molecule has 0 saturated carbocycles. The molecule has 0 unspecified atom stereocenters. The first-order valence-electron chi connectivity index (χ1n) is 7.02. The second kappa shape index (κ2) is 7.54. The molecule has 1 N–H and O–H groups in total. The summed E-state index contributed by atoms with van der Waals surface area (Å²) in [6, 6.07) is 4.10. The molecule has 0 fully saturated rings. The average Bonchev–Trinajstić information content (AvgIpc) is 2.76. The van der Waals surface area contributed by atoms with Crippen LogP contribution in [0.25, 0.3) is 0 Å². The van der Waals surface area contributed by atoms with Gasteiger partial charge < -0.3 is 5.32 Å².